The van der Waals surface area contributed by atoms with Crippen molar-refractivity contribution >= 4 is 8.07 Å². The van der Waals surface area contributed by atoms with E-state index in [1.807, 2.05) is 24.3 Å². The van der Waals surface area contributed by atoms with Gasteiger partial charge in [-0.3, -0.25) is 0 Å². The molecule has 1 aromatic heterocycles. The van der Waals surface area contributed by atoms with Crippen molar-refractivity contribution < 1.29 is 9.47 Å². The van der Waals surface area contributed by atoms with Crippen LogP contribution in [0.2, 0.25) is 25.7 Å². The van der Waals surface area contributed by atoms with Crippen LogP contribution in [0.25, 0.3) is 11.4 Å². The molecule has 0 aliphatic carbocycles. The number of nitrogens with zero attached hydrogens (tertiary/aromatic N) is 2. The Labute approximate surface area is 235 Å². The van der Waals surface area contributed by atoms with Crippen LogP contribution in [0.5, 0.6) is 11.5 Å². The fraction of sp³-hybridized carbons (Fsp3) is 0.697. The molecule has 0 radical (unpaired) electrons. The molecule has 0 bridgehead atoms. The average molecular weight is 541 g/mol. The Morgan fingerprint density at radius 2 is 1.00 bits per heavy atom. The summed E-state index contributed by atoms with van der Waals surface area (Å²) in [6.07, 6.45) is 24.7. The minimum atomic E-state index is -0.846. The summed E-state index contributed by atoms with van der Waals surface area (Å²) in [6, 6.07) is 9.58. The lowest BCUT2D eigenvalue weighted by Crippen LogP contribution is -2.18. The molecule has 214 valence electrons. The lowest BCUT2D eigenvalue weighted by Gasteiger charge is -2.14. The summed E-state index contributed by atoms with van der Waals surface area (Å²) in [5.41, 5.74) is 0.997. The molecule has 0 spiro atoms. The summed E-state index contributed by atoms with van der Waals surface area (Å²) in [5, 5.41) is 0. The molecule has 38 heavy (non-hydrogen) atoms. The molecule has 1 aromatic carbocycles. The highest BCUT2D eigenvalue weighted by molar-refractivity contribution is 6.76. The average Bonchev–Trinajstić information content (AvgIpc) is 2.91. The Morgan fingerprint density at radius 1 is 0.553 bits per heavy atom. The molecule has 0 saturated heterocycles. The first kappa shape index (κ1) is 32.3. The van der Waals surface area contributed by atoms with Gasteiger partial charge in [-0.2, -0.15) is 0 Å². The Kier molecular flexibility index (Phi) is 17.1. The number of hydrogen-bond donors (Lipinski definition) is 0. The summed E-state index contributed by atoms with van der Waals surface area (Å²) in [6.45, 7) is 11.2. The van der Waals surface area contributed by atoms with Crippen molar-refractivity contribution in [3.8, 4) is 22.9 Å². The van der Waals surface area contributed by atoms with Gasteiger partial charge in [0.1, 0.15) is 5.75 Å². The van der Waals surface area contributed by atoms with Gasteiger partial charge in [-0.1, -0.05) is 123 Å². The highest BCUT2D eigenvalue weighted by Gasteiger charge is 2.11. The molecule has 0 fully saturated rings. The van der Waals surface area contributed by atoms with Crippen LogP contribution in [-0.4, -0.2) is 31.3 Å². The van der Waals surface area contributed by atoms with Crippen LogP contribution in [0.15, 0.2) is 36.7 Å². The zero-order valence-corrected chi connectivity index (χ0v) is 26.1. The lowest BCUT2D eigenvalue weighted by molar-refractivity contribution is 0.302. The largest absolute Gasteiger partial charge is 0.494 e. The van der Waals surface area contributed by atoms with E-state index in [1.165, 1.54) is 95.9 Å². The van der Waals surface area contributed by atoms with Crippen LogP contribution >= 0.6 is 0 Å². The van der Waals surface area contributed by atoms with E-state index < -0.39 is 8.07 Å². The second-order valence-electron chi connectivity index (χ2n) is 12.1. The van der Waals surface area contributed by atoms with Crippen LogP contribution in [0, 0.1) is 0 Å². The van der Waals surface area contributed by atoms with Crippen LogP contribution in [0.1, 0.15) is 110 Å². The highest BCUT2D eigenvalue weighted by Crippen LogP contribution is 2.21. The Bertz CT molecular complexity index is 818. The molecule has 2 rings (SSSR count). The fourth-order valence-electron chi connectivity index (χ4n) is 4.67. The minimum Gasteiger partial charge on any atom is -0.494 e. The summed E-state index contributed by atoms with van der Waals surface area (Å²) in [5.74, 6) is 2.39. The van der Waals surface area contributed by atoms with Gasteiger partial charge in [0.25, 0.3) is 0 Å². The van der Waals surface area contributed by atoms with Crippen molar-refractivity contribution in [2.75, 3.05) is 13.2 Å². The van der Waals surface area contributed by atoms with Crippen molar-refractivity contribution in [1.29, 1.82) is 0 Å². The van der Waals surface area contributed by atoms with Crippen molar-refractivity contribution in [3.05, 3.63) is 36.7 Å². The molecule has 0 saturated carbocycles. The van der Waals surface area contributed by atoms with Crippen molar-refractivity contribution in [1.82, 2.24) is 9.97 Å². The standard InChI is InChI=1S/C33H56N2O2Si/c1-5-6-7-8-9-10-12-15-18-25-36-31-23-21-30(22-24-31)33-34-28-32(29-35-33)37-26-19-16-13-11-14-17-20-27-38(2,3)4/h21-24,28-29H,5-20,25-27H2,1-4H3. The maximum Gasteiger partial charge on any atom is 0.159 e. The SMILES string of the molecule is CCCCCCCCCCCOc1ccc(-c2ncc(OCCCCCCCCC[Si](C)(C)C)cn2)cc1. The Morgan fingerprint density at radius 3 is 1.50 bits per heavy atom. The van der Waals surface area contributed by atoms with Gasteiger partial charge < -0.3 is 9.47 Å². The number of aromatic nitrogens is 2. The molecule has 0 aliphatic heterocycles. The third-order valence-electron chi connectivity index (χ3n) is 7.10. The first-order valence-corrected chi connectivity index (χ1v) is 19.4. The van der Waals surface area contributed by atoms with Crippen molar-refractivity contribution in [3.63, 3.8) is 0 Å². The van der Waals surface area contributed by atoms with E-state index in [0.717, 1.165) is 48.9 Å². The van der Waals surface area contributed by atoms with Crippen LogP contribution < -0.4 is 9.47 Å². The Hall–Kier alpha value is -1.88. The van der Waals surface area contributed by atoms with Gasteiger partial charge in [-0.15, -0.1) is 0 Å². The number of benzene rings is 1. The molecule has 2 aromatic rings. The number of hydrogen-bond acceptors (Lipinski definition) is 4. The van der Waals surface area contributed by atoms with Gasteiger partial charge >= 0.3 is 0 Å². The lowest BCUT2D eigenvalue weighted by atomic mass is 10.1. The topological polar surface area (TPSA) is 44.2 Å². The number of rotatable bonds is 23. The van der Waals surface area contributed by atoms with Gasteiger partial charge in [0.15, 0.2) is 11.6 Å². The summed E-state index contributed by atoms with van der Waals surface area (Å²) >= 11 is 0. The van der Waals surface area contributed by atoms with Gasteiger partial charge in [-0.05, 0) is 37.1 Å². The predicted octanol–water partition coefficient (Wildman–Crippen LogP) is 10.5. The molecule has 1 heterocycles. The Balaban J connectivity index is 1.52. The summed E-state index contributed by atoms with van der Waals surface area (Å²) in [7, 11) is -0.846. The first-order chi connectivity index (χ1) is 18.5. The van der Waals surface area contributed by atoms with Gasteiger partial charge in [0.05, 0.1) is 25.6 Å². The molecule has 5 heteroatoms. The molecule has 0 atom stereocenters. The normalized spacial score (nSPS) is 11.6. The summed E-state index contributed by atoms with van der Waals surface area (Å²) < 4.78 is 11.8. The van der Waals surface area contributed by atoms with E-state index in [4.69, 9.17) is 9.47 Å². The number of unbranched alkanes of at least 4 members (excludes halogenated alkanes) is 14. The molecule has 0 N–H and O–H groups in total. The van der Waals surface area contributed by atoms with Crippen LogP contribution in [-0.2, 0) is 0 Å². The monoisotopic (exact) mass is 540 g/mol. The van der Waals surface area contributed by atoms with Gasteiger partial charge in [-0.25, -0.2) is 9.97 Å². The number of ether oxygens (including phenoxy) is 2. The highest BCUT2D eigenvalue weighted by atomic mass is 28.3. The predicted molar refractivity (Wildman–Crippen MR) is 166 cm³/mol. The summed E-state index contributed by atoms with van der Waals surface area (Å²) in [4.78, 5) is 9.01. The van der Waals surface area contributed by atoms with E-state index in [2.05, 4.69) is 36.5 Å². The third kappa shape index (κ3) is 16.2. The smallest absolute Gasteiger partial charge is 0.159 e. The van der Waals surface area contributed by atoms with Crippen LogP contribution in [0.3, 0.4) is 0 Å². The van der Waals surface area contributed by atoms with E-state index in [1.54, 1.807) is 12.4 Å². The molecule has 0 aliphatic rings. The minimum absolute atomic E-state index is 0.719. The van der Waals surface area contributed by atoms with Gasteiger partial charge in [0.2, 0.25) is 0 Å². The van der Waals surface area contributed by atoms with Gasteiger partial charge in [0, 0.05) is 13.6 Å². The van der Waals surface area contributed by atoms with E-state index >= 15 is 0 Å². The molecule has 0 amide bonds. The quantitative estimate of drug-likeness (QED) is 0.104. The fourth-order valence-corrected chi connectivity index (χ4v) is 5.98. The zero-order chi connectivity index (χ0) is 27.3. The van der Waals surface area contributed by atoms with E-state index in [0.29, 0.717) is 0 Å². The zero-order valence-electron chi connectivity index (χ0n) is 25.1. The van der Waals surface area contributed by atoms with E-state index in [-0.39, 0.29) is 0 Å². The molecule has 4 nitrogen and oxygen atoms in total. The van der Waals surface area contributed by atoms with Crippen LogP contribution in [0.4, 0.5) is 0 Å². The molecular weight excluding hydrogens is 484 g/mol. The van der Waals surface area contributed by atoms with Crippen molar-refractivity contribution in [2.45, 2.75) is 135 Å². The first-order valence-electron chi connectivity index (χ1n) is 15.7. The molecular formula is C33H56N2O2Si. The maximum atomic E-state index is 5.92. The maximum absolute atomic E-state index is 5.92. The van der Waals surface area contributed by atoms with E-state index in [9.17, 15) is 0 Å². The second-order valence-corrected chi connectivity index (χ2v) is 17.7. The second kappa shape index (κ2) is 20.1. The van der Waals surface area contributed by atoms with Crippen molar-refractivity contribution in [2.24, 2.45) is 0 Å². The molecule has 0 unspecified atom stereocenters. The third-order valence-corrected chi connectivity index (χ3v) is 8.95.